The van der Waals surface area contributed by atoms with Crippen LogP contribution in [0.3, 0.4) is 0 Å². The zero-order valence-electron chi connectivity index (χ0n) is 15.5. The molecule has 27 heavy (non-hydrogen) atoms. The van der Waals surface area contributed by atoms with Crippen LogP contribution in [0.1, 0.15) is 17.7 Å². The van der Waals surface area contributed by atoms with E-state index in [9.17, 15) is 4.79 Å². The molecular formula is C22H25ClN2O2. The number of hydrogen-bond acceptors (Lipinski definition) is 2. The van der Waals surface area contributed by atoms with E-state index in [1.165, 1.54) is 22.2 Å². The Balaban J connectivity index is 1.79. The molecule has 142 valence electrons. The second-order valence-corrected chi connectivity index (χ2v) is 6.92. The molecule has 0 saturated carbocycles. The largest absolute Gasteiger partial charge is 0.445 e. The Kier molecular flexibility index (Phi) is 6.40. The molecule has 0 spiro atoms. The Hall–Kier alpha value is -2.46. The number of aryl methyl sites for hydroxylation is 1. The van der Waals surface area contributed by atoms with E-state index >= 15 is 0 Å². The van der Waals surface area contributed by atoms with E-state index in [4.69, 9.17) is 16.3 Å². The molecule has 0 N–H and O–H groups in total. The monoisotopic (exact) mass is 384 g/mol. The van der Waals surface area contributed by atoms with Gasteiger partial charge in [-0.1, -0.05) is 49.6 Å². The predicted molar refractivity (Wildman–Crippen MR) is 111 cm³/mol. The van der Waals surface area contributed by atoms with Crippen molar-refractivity contribution in [3.05, 3.63) is 72.5 Å². The summed E-state index contributed by atoms with van der Waals surface area (Å²) in [5, 5.41) is 1.21. The Labute approximate surface area is 165 Å². The quantitative estimate of drug-likeness (QED) is 0.493. The van der Waals surface area contributed by atoms with E-state index in [0.717, 1.165) is 25.0 Å². The number of aromatic nitrogens is 1. The first-order valence-electron chi connectivity index (χ1n) is 9.20. The van der Waals surface area contributed by atoms with Crippen LogP contribution >= 0.6 is 11.6 Å². The van der Waals surface area contributed by atoms with Crippen molar-refractivity contribution in [2.24, 2.45) is 0 Å². The van der Waals surface area contributed by atoms with Crippen LogP contribution in [-0.2, 0) is 24.2 Å². The molecule has 0 aliphatic carbocycles. The number of rotatable bonds is 7. The number of hydrogen-bond donors (Lipinski definition) is 0. The van der Waals surface area contributed by atoms with Crippen molar-refractivity contribution >= 4 is 28.6 Å². The lowest BCUT2D eigenvalue weighted by molar-refractivity contribution is 0.106. The smallest absolute Gasteiger partial charge is 0.410 e. The number of allylic oxidation sites excluding steroid dienone is 2. The minimum atomic E-state index is -0.296. The van der Waals surface area contributed by atoms with Gasteiger partial charge in [-0.15, -0.1) is 11.6 Å². The Morgan fingerprint density at radius 2 is 2.11 bits per heavy atom. The molecule has 5 heteroatoms. The van der Waals surface area contributed by atoms with Crippen LogP contribution in [0.15, 0.2) is 61.2 Å². The lowest BCUT2D eigenvalue weighted by Gasteiger charge is -2.27. The Morgan fingerprint density at radius 1 is 1.30 bits per heavy atom. The molecule has 4 nitrogen and oxygen atoms in total. The number of alkyl halides is 1. The molecule has 0 atom stereocenters. The number of fused-ring (bicyclic) bond motifs is 3. The first-order chi connectivity index (χ1) is 13.2. The highest BCUT2D eigenvalue weighted by Crippen LogP contribution is 2.31. The summed E-state index contributed by atoms with van der Waals surface area (Å²) in [5.41, 5.74) is 4.57. The molecule has 0 bridgehead atoms. The molecule has 1 aliphatic rings. The summed E-state index contributed by atoms with van der Waals surface area (Å²) < 4.78 is 7.82. The molecule has 2 aromatic rings. The van der Waals surface area contributed by atoms with Crippen molar-refractivity contribution in [2.45, 2.75) is 25.9 Å². The summed E-state index contributed by atoms with van der Waals surface area (Å²) in [6, 6.07) is 8.37. The maximum atomic E-state index is 12.5. The van der Waals surface area contributed by atoms with Crippen molar-refractivity contribution in [1.82, 2.24) is 9.47 Å². The molecule has 1 aromatic heterocycles. The average Bonchev–Trinajstić information content (AvgIpc) is 3.02. The van der Waals surface area contributed by atoms with Crippen LogP contribution in [0.25, 0.3) is 10.9 Å². The molecule has 0 unspecified atom stereocenters. The summed E-state index contributed by atoms with van der Waals surface area (Å²) in [6.45, 7) is 9.71. The molecule has 1 aromatic carbocycles. The van der Waals surface area contributed by atoms with Crippen molar-refractivity contribution in [2.75, 3.05) is 19.0 Å². The first kappa shape index (κ1) is 19.3. The third-order valence-corrected chi connectivity index (χ3v) is 5.16. The third-order valence-electron chi connectivity index (χ3n) is 4.89. The minimum absolute atomic E-state index is 0.204. The lowest BCUT2D eigenvalue weighted by atomic mass is 10.0. The topological polar surface area (TPSA) is 34.5 Å². The van der Waals surface area contributed by atoms with Gasteiger partial charge in [0.2, 0.25) is 0 Å². The van der Waals surface area contributed by atoms with E-state index in [0.29, 0.717) is 19.0 Å². The van der Waals surface area contributed by atoms with Gasteiger partial charge in [0.25, 0.3) is 0 Å². The highest BCUT2D eigenvalue weighted by atomic mass is 35.5. The first-order valence-corrected chi connectivity index (χ1v) is 9.73. The number of ether oxygens (including phenoxy) is 1. The SMILES string of the molecule is C=C/C=C(\C=C)COC(=O)N1CCc2c(c3ccccc3n2CCCCl)C1. The van der Waals surface area contributed by atoms with Crippen LogP contribution in [0.4, 0.5) is 4.79 Å². The number of amides is 1. The van der Waals surface area contributed by atoms with Crippen molar-refractivity contribution in [1.29, 1.82) is 0 Å². The highest BCUT2D eigenvalue weighted by Gasteiger charge is 2.27. The van der Waals surface area contributed by atoms with Gasteiger partial charge in [-0.2, -0.15) is 0 Å². The van der Waals surface area contributed by atoms with Gasteiger partial charge in [-0.3, -0.25) is 0 Å². The number of carbonyl (C=O) groups is 1. The lowest BCUT2D eigenvalue weighted by Crippen LogP contribution is -2.37. The summed E-state index contributed by atoms with van der Waals surface area (Å²) in [6.07, 6.45) is 6.58. The normalized spacial score (nSPS) is 14.1. The number of para-hydroxylation sites is 1. The van der Waals surface area contributed by atoms with Crippen LogP contribution in [0.5, 0.6) is 0 Å². The van der Waals surface area contributed by atoms with Crippen LogP contribution in [0, 0.1) is 0 Å². The second-order valence-electron chi connectivity index (χ2n) is 6.54. The number of nitrogens with zero attached hydrogens (tertiary/aromatic N) is 2. The zero-order chi connectivity index (χ0) is 19.2. The number of halogens is 1. The van der Waals surface area contributed by atoms with Crippen LogP contribution in [0.2, 0.25) is 0 Å². The van der Waals surface area contributed by atoms with Gasteiger partial charge in [0.05, 0.1) is 6.54 Å². The molecule has 2 heterocycles. The van der Waals surface area contributed by atoms with E-state index in [-0.39, 0.29) is 12.7 Å². The fourth-order valence-electron chi connectivity index (χ4n) is 3.59. The predicted octanol–water partition coefficient (Wildman–Crippen LogP) is 5.06. The van der Waals surface area contributed by atoms with Crippen molar-refractivity contribution < 1.29 is 9.53 Å². The molecule has 0 radical (unpaired) electrons. The standard InChI is InChI=1S/C22H25ClN2O2/c1-3-8-17(4-2)16-27-22(26)24-14-11-21-19(15-24)18-9-5-6-10-20(18)25(21)13-7-12-23/h3-6,8-10H,1-2,7,11-16H2/b17-8+. The Morgan fingerprint density at radius 3 is 2.85 bits per heavy atom. The summed E-state index contributed by atoms with van der Waals surface area (Å²) in [7, 11) is 0. The number of benzene rings is 1. The van der Waals surface area contributed by atoms with E-state index in [2.05, 4.69) is 35.9 Å². The maximum absolute atomic E-state index is 12.5. The summed E-state index contributed by atoms with van der Waals surface area (Å²) >= 11 is 5.91. The van der Waals surface area contributed by atoms with Gasteiger partial charge in [0.1, 0.15) is 6.61 Å². The fourth-order valence-corrected chi connectivity index (χ4v) is 3.71. The number of carbonyl (C=O) groups excluding carboxylic acids is 1. The zero-order valence-corrected chi connectivity index (χ0v) is 16.3. The van der Waals surface area contributed by atoms with Crippen molar-refractivity contribution in [3.8, 4) is 0 Å². The molecule has 3 rings (SSSR count). The Bertz CT molecular complexity index is 882. The highest BCUT2D eigenvalue weighted by molar-refractivity contribution is 6.17. The van der Waals surface area contributed by atoms with Crippen molar-refractivity contribution in [3.63, 3.8) is 0 Å². The van der Waals surface area contributed by atoms with Gasteiger partial charge in [-0.25, -0.2) is 4.79 Å². The fraction of sp³-hybridized carbons (Fsp3) is 0.318. The third kappa shape index (κ3) is 4.11. The average molecular weight is 385 g/mol. The van der Waals surface area contributed by atoms with Gasteiger partial charge >= 0.3 is 6.09 Å². The van der Waals surface area contributed by atoms with Crippen LogP contribution < -0.4 is 0 Å². The second kappa shape index (κ2) is 8.96. The molecular weight excluding hydrogens is 360 g/mol. The molecule has 0 saturated heterocycles. The molecule has 1 aliphatic heterocycles. The van der Waals surface area contributed by atoms with Gasteiger partial charge in [-0.05, 0) is 18.1 Å². The maximum Gasteiger partial charge on any atom is 0.410 e. The van der Waals surface area contributed by atoms with E-state index in [1.807, 2.05) is 6.07 Å². The minimum Gasteiger partial charge on any atom is -0.445 e. The molecule has 1 amide bonds. The van der Waals surface area contributed by atoms with Gasteiger partial charge in [0.15, 0.2) is 0 Å². The van der Waals surface area contributed by atoms with Gasteiger partial charge < -0.3 is 14.2 Å². The van der Waals surface area contributed by atoms with E-state index in [1.54, 1.807) is 23.1 Å². The van der Waals surface area contributed by atoms with E-state index < -0.39 is 0 Å². The van der Waals surface area contributed by atoms with Crippen LogP contribution in [-0.4, -0.2) is 34.6 Å². The summed E-state index contributed by atoms with van der Waals surface area (Å²) in [5.74, 6) is 0.642. The summed E-state index contributed by atoms with van der Waals surface area (Å²) in [4.78, 5) is 14.3. The van der Waals surface area contributed by atoms with Gasteiger partial charge in [0, 0.05) is 47.6 Å². The molecule has 0 fully saturated rings.